The van der Waals surface area contributed by atoms with Crippen LogP contribution in [0.2, 0.25) is 10.0 Å². The Labute approximate surface area is 234 Å². The van der Waals surface area contributed by atoms with Gasteiger partial charge in [0.2, 0.25) is 11.8 Å². The Hall–Kier alpha value is -2.47. The molecule has 196 valence electrons. The van der Waals surface area contributed by atoms with Gasteiger partial charge in [-0.3, -0.25) is 9.59 Å². The van der Waals surface area contributed by atoms with E-state index in [9.17, 15) is 9.59 Å². The van der Waals surface area contributed by atoms with Gasteiger partial charge in [0.1, 0.15) is 6.04 Å². The molecule has 7 heteroatoms. The minimum absolute atomic E-state index is 0.0941. The predicted molar refractivity (Wildman–Crippen MR) is 156 cm³/mol. The van der Waals surface area contributed by atoms with Gasteiger partial charge in [-0.15, -0.1) is 11.8 Å². The Bertz CT molecular complexity index is 1210. The number of hydrogen-bond donors (Lipinski definition) is 1. The van der Waals surface area contributed by atoms with E-state index in [1.165, 1.54) is 11.8 Å². The van der Waals surface area contributed by atoms with E-state index in [0.29, 0.717) is 28.8 Å². The van der Waals surface area contributed by atoms with E-state index in [1.807, 2.05) is 88.4 Å². The largest absolute Gasteiger partial charge is 0.350 e. The number of carbonyl (C=O) groups is 2. The first-order chi connectivity index (χ1) is 17.5. The van der Waals surface area contributed by atoms with Gasteiger partial charge in [0, 0.05) is 34.3 Å². The first-order valence-corrected chi connectivity index (χ1v) is 14.2. The van der Waals surface area contributed by atoms with Crippen molar-refractivity contribution in [3.8, 4) is 0 Å². The van der Waals surface area contributed by atoms with Crippen LogP contribution in [0.4, 0.5) is 0 Å². The van der Waals surface area contributed by atoms with Crippen LogP contribution in [0, 0.1) is 6.92 Å². The van der Waals surface area contributed by atoms with Gasteiger partial charge in [-0.1, -0.05) is 83.9 Å². The lowest BCUT2D eigenvalue weighted by Gasteiger charge is -2.34. The van der Waals surface area contributed by atoms with Crippen molar-refractivity contribution in [2.24, 2.45) is 0 Å². The highest BCUT2D eigenvalue weighted by Gasteiger charge is 2.32. The van der Waals surface area contributed by atoms with Crippen LogP contribution in [0.3, 0.4) is 0 Å². The minimum atomic E-state index is -0.659. The van der Waals surface area contributed by atoms with Crippen LogP contribution in [0.15, 0.2) is 72.8 Å². The van der Waals surface area contributed by atoms with Gasteiger partial charge in [0.05, 0.1) is 5.75 Å². The van der Waals surface area contributed by atoms with Crippen LogP contribution < -0.4 is 5.32 Å². The van der Waals surface area contributed by atoms with Gasteiger partial charge in [0.15, 0.2) is 0 Å². The standard InChI is InChI=1S/C30H34Cl2N2O2S/c1-21-10-8-9-13-23(21)18-34(28(35)20-37-19-24-14-15-25(31)17-26(24)32)27(29(36)33-30(2,3)4)16-22-11-6-5-7-12-22/h5-15,17,27H,16,18-20H2,1-4H3,(H,33,36). The Kier molecular flexibility index (Phi) is 10.5. The molecule has 3 rings (SSSR count). The lowest BCUT2D eigenvalue weighted by atomic mass is 10.00. The van der Waals surface area contributed by atoms with Crippen molar-refractivity contribution in [3.63, 3.8) is 0 Å². The summed E-state index contributed by atoms with van der Waals surface area (Å²) < 4.78 is 0. The lowest BCUT2D eigenvalue weighted by molar-refractivity contribution is -0.140. The molecule has 1 atom stereocenters. The van der Waals surface area contributed by atoms with Crippen LogP contribution in [0.25, 0.3) is 0 Å². The molecular weight excluding hydrogens is 523 g/mol. The van der Waals surface area contributed by atoms with E-state index in [-0.39, 0.29) is 17.6 Å². The molecule has 0 aliphatic rings. The van der Waals surface area contributed by atoms with Gasteiger partial charge in [-0.05, 0) is 62.1 Å². The van der Waals surface area contributed by atoms with Crippen molar-refractivity contribution < 1.29 is 9.59 Å². The quantitative estimate of drug-likeness (QED) is 0.290. The molecule has 37 heavy (non-hydrogen) atoms. The summed E-state index contributed by atoms with van der Waals surface area (Å²) in [5, 5.41) is 4.26. The number of nitrogens with zero attached hydrogens (tertiary/aromatic N) is 1. The Morgan fingerprint density at radius 3 is 2.27 bits per heavy atom. The van der Waals surface area contributed by atoms with Crippen molar-refractivity contribution in [2.75, 3.05) is 5.75 Å². The van der Waals surface area contributed by atoms with Gasteiger partial charge in [0.25, 0.3) is 0 Å². The third-order valence-electron chi connectivity index (χ3n) is 5.87. The van der Waals surface area contributed by atoms with E-state index in [2.05, 4.69) is 5.32 Å². The number of aryl methyl sites for hydroxylation is 1. The zero-order chi connectivity index (χ0) is 27.0. The first-order valence-electron chi connectivity index (χ1n) is 12.2. The zero-order valence-electron chi connectivity index (χ0n) is 21.8. The number of thioether (sulfide) groups is 1. The van der Waals surface area contributed by atoms with Crippen LogP contribution in [-0.2, 0) is 28.3 Å². The highest BCUT2D eigenvalue weighted by molar-refractivity contribution is 7.99. The van der Waals surface area contributed by atoms with Crippen molar-refractivity contribution >= 4 is 46.8 Å². The molecule has 0 saturated heterocycles. The fraction of sp³-hybridized carbons (Fsp3) is 0.333. The molecule has 0 aliphatic carbocycles. The molecule has 0 aromatic heterocycles. The Morgan fingerprint density at radius 2 is 1.62 bits per heavy atom. The summed E-state index contributed by atoms with van der Waals surface area (Å²) in [6.07, 6.45) is 0.425. The van der Waals surface area contributed by atoms with Crippen molar-refractivity contribution in [1.82, 2.24) is 10.2 Å². The highest BCUT2D eigenvalue weighted by Crippen LogP contribution is 2.26. The number of hydrogen-bond acceptors (Lipinski definition) is 3. The SMILES string of the molecule is Cc1ccccc1CN(C(=O)CSCc1ccc(Cl)cc1Cl)C(Cc1ccccc1)C(=O)NC(C)(C)C. The van der Waals surface area contributed by atoms with Crippen molar-refractivity contribution in [2.45, 2.75) is 58.0 Å². The second-order valence-corrected chi connectivity index (χ2v) is 12.0. The maximum atomic E-state index is 13.8. The summed E-state index contributed by atoms with van der Waals surface area (Å²) in [6, 6.07) is 22.5. The summed E-state index contributed by atoms with van der Waals surface area (Å²) >= 11 is 13.8. The van der Waals surface area contributed by atoms with E-state index in [0.717, 1.165) is 22.3 Å². The molecule has 0 aliphatic heterocycles. The number of nitrogens with one attached hydrogen (secondary N) is 1. The summed E-state index contributed by atoms with van der Waals surface area (Å²) in [5.41, 5.74) is 3.59. The molecular formula is C30H34Cl2N2O2S. The van der Waals surface area contributed by atoms with E-state index < -0.39 is 11.6 Å². The van der Waals surface area contributed by atoms with E-state index in [4.69, 9.17) is 23.2 Å². The van der Waals surface area contributed by atoms with Crippen LogP contribution in [-0.4, -0.2) is 34.0 Å². The molecule has 0 bridgehead atoms. The highest BCUT2D eigenvalue weighted by atomic mass is 35.5. The molecule has 0 heterocycles. The van der Waals surface area contributed by atoms with Crippen molar-refractivity contribution in [3.05, 3.63) is 105 Å². The molecule has 1 N–H and O–H groups in total. The number of halogens is 2. The smallest absolute Gasteiger partial charge is 0.243 e. The fourth-order valence-electron chi connectivity index (χ4n) is 3.95. The second-order valence-electron chi connectivity index (χ2n) is 10.1. The maximum Gasteiger partial charge on any atom is 0.243 e. The van der Waals surface area contributed by atoms with E-state index >= 15 is 0 Å². The third-order valence-corrected chi connectivity index (χ3v) is 7.42. The van der Waals surface area contributed by atoms with Crippen molar-refractivity contribution in [1.29, 1.82) is 0 Å². The summed E-state index contributed by atoms with van der Waals surface area (Å²) in [7, 11) is 0. The summed E-state index contributed by atoms with van der Waals surface area (Å²) in [6.45, 7) is 8.22. The molecule has 2 amide bonds. The molecule has 3 aromatic carbocycles. The summed E-state index contributed by atoms with van der Waals surface area (Å²) in [5.74, 6) is 0.531. The van der Waals surface area contributed by atoms with Crippen LogP contribution in [0.1, 0.15) is 43.0 Å². The van der Waals surface area contributed by atoms with Crippen LogP contribution in [0.5, 0.6) is 0 Å². The fourth-order valence-corrected chi connectivity index (χ4v) is 5.42. The molecule has 3 aromatic rings. The normalized spacial score (nSPS) is 12.2. The average Bonchev–Trinajstić information content (AvgIpc) is 2.83. The van der Waals surface area contributed by atoms with Gasteiger partial charge >= 0.3 is 0 Å². The number of benzene rings is 3. The zero-order valence-corrected chi connectivity index (χ0v) is 24.1. The molecule has 0 fully saturated rings. The number of rotatable bonds is 10. The monoisotopic (exact) mass is 556 g/mol. The predicted octanol–water partition coefficient (Wildman–Crippen LogP) is 7.09. The molecule has 4 nitrogen and oxygen atoms in total. The molecule has 0 spiro atoms. The first kappa shape index (κ1) is 29.1. The molecule has 1 unspecified atom stereocenters. The number of carbonyl (C=O) groups excluding carboxylic acids is 2. The maximum absolute atomic E-state index is 13.8. The number of amides is 2. The third kappa shape index (κ3) is 9.10. The van der Waals surface area contributed by atoms with Gasteiger partial charge in [-0.2, -0.15) is 0 Å². The topological polar surface area (TPSA) is 49.4 Å². The lowest BCUT2D eigenvalue weighted by Crippen LogP contribution is -2.54. The van der Waals surface area contributed by atoms with E-state index in [1.54, 1.807) is 17.0 Å². The Balaban J connectivity index is 1.88. The van der Waals surface area contributed by atoms with Crippen LogP contribution >= 0.6 is 35.0 Å². The molecule has 0 radical (unpaired) electrons. The van der Waals surface area contributed by atoms with Gasteiger partial charge in [-0.25, -0.2) is 0 Å². The Morgan fingerprint density at radius 1 is 0.946 bits per heavy atom. The molecule has 0 saturated carbocycles. The average molecular weight is 558 g/mol. The summed E-state index contributed by atoms with van der Waals surface area (Å²) in [4.78, 5) is 29.1. The second kappa shape index (κ2) is 13.4. The minimum Gasteiger partial charge on any atom is -0.350 e. The van der Waals surface area contributed by atoms with Gasteiger partial charge < -0.3 is 10.2 Å².